The summed E-state index contributed by atoms with van der Waals surface area (Å²) in [5.41, 5.74) is 4.73. The normalized spacial score (nSPS) is 13.3. The van der Waals surface area contributed by atoms with Crippen LogP contribution in [-0.4, -0.2) is 37.9 Å². The molecule has 232 valence electrons. The van der Waals surface area contributed by atoms with Gasteiger partial charge in [-0.05, 0) is 66.1 Å². The highest BCUT2D eigenvalue weighted by Gasteiger charge is 2.29. The Kier molecular flexibility index (Phi) is 8.31. The van der Waals surface area contributed by atoms with E-state index in [4.69, 9.17) is 9.72 Å². The first-order chi connectivity index (χ1) is 22.4. The van der Waals surface area contributed by atoms with E-state index in [1.807, 2.05) is 24.3 Å². The average Bonchev–Trinajstić information content (AvgIpc) is 3.65. The van der Waals surface area contributed by atoms with Gasteiger partial charge in [0, 0.05) is 30.1 Å². The molecular weight excluding hydrogens is 637 g/mol. The zero-order chi connectivity index (χ0) is 31.7. The summed E-state index contributed by atoms with van der Waals surface area (Å²) < 4.78 is 35.4. The molecule has 1 aliphatic rings. The number of rotatable bonds is 9. The van der Waals surface area contributed by atoms with Crippen molar-refractivity contribution in [1.29, 1.82) is 0 Å². The van der Waals surface area contributed by atoms with E-state index >= 15 is 0 Å². The lowest BCUT2D eigenvalue weighted by molar-refractivity contribution is 0.102. The largest absolute Gasteiger partial charge is 0.497 e. The minimum Gasteiger partial charge on any atom is -0.497 e. The SMILES string of the molecule is COc1ccc(S(=O)(=O)Nc2ccccc2C(=O)Nc2sc3c(c2-c2nc4ccccc4s2)CCN(Cc2ccccc2)C3)cc1. The number of carbonyl (C=O) groups excluding carboxylic acids is 1. The maximum absolute atomic E-state index is 13.9. The zero-order valence-electron chi connectivity index (χ0n) is 24.9. The summed E-state index contributed by atoms with van der Waals surface area (Å²) in [5, 5.41) is 4.72. The van der Waals surface area contributed by atoms with Gasteiger partial charge in [-0.1, -0.05) is 54.6 Å². The number of anilines is 2. The van der Waals surface area contributed by atoms with Gasteiger partial charge in [0.05, 0.1) is 33.5 Å². The van der Waals surface area contributed by atoms with Gasteiger partial charge in [0.1, 0.15) is 15.8 Å². The predicted octanol–water partition coefficient (Wildman–Crippen LogP) is 7.64. The molecule has 0 spiro atoms. The van der Waals surface area contributed by atoms with Crippen LogP contribution in [0.4, 0.5) is 10.7 Å². The third kappa shape index (κ3) is 6.14. The number of nitrogens with one attached hydrogen (secondary N) is 2. The molecule has 0 saturated carbocycles. The van der Waals surface area contributed by atoms with Gasteiger partial charge in [0.2, 0.25) is 0 Å². The second-order valence-corrected chi connectivity index (χ2v) is 14.7. The third-order valence-corrected chi connectivity index (χ3v) is 11.5. The highest BCUT2D eigenvalue weighted by molar-refractivity contribution is 7.92. The Hall–Kier alpha value is -4.55. The fourth-order valence-electron chi connectivity index (χ4n) is 5.63. The van der Waals surface area contributed by atoms with Crippen molar-refractivity contribution < 1.29 is 17.9 Å². The minimum absolute atomic E-state index is 0.0626. The molecule has 2 N–H and O–H groups in total. The molecule has 11 heteroatoms. The lowest BCUT2D eigenvalue weighted by Gasteiger charge is -2.27. The molecule has 0 bridgehead atoms. The van der Waals surface area contributed by atoms with E-state index in [1.165, 1.54) is 35.2 Å². The predicted molar refractivity (Wildman–Crippen MR) is 185 cm³/mol. The summed E-state index contributed by atoms with van der Waals surface area (Å²) in [6, 6.07) is 31.2. The zero-order valence-corrected chi connectivity index (χ0v) is 27.3. The topological polar surface area (TPSA) is 101 Å². The van der Waals surface area contributed by atoms with Crippen molar-refractivity contribution in [1.82, 2.24) is 9.88 Å². The first kappa shape index (κ1) is 30.1. The fraction of sp³-hybridized carbons (Fsp3) is 0.143. The quantitative estimate of drug-likeness (QED) is 0.165. The number of fused-ring (bicyclic) bond motifs is 2. The molecule has 1 aliphatic heterocycles. The lowest BCUT2D eigenvalue weighted by atomic mass is 10.0. The smallest absolute Gasteiger partial charge is 0.261 e. The van der Waals surface area contributed by atoms with E-state index in [9.17, 15) is 13.2 Å². The number of thiazole rings is 1. The number of hydrogen-bond acceptors (Lipinski definition) is 8. The summed E-state index contributed by atoms with van der Waals surface area (Å²) >= 11 is 3.18. The van der Waals surface area contributed by atoms with Crippen LogP contribution < -0.4 is 14.8 Å². The van der Waals surface area contributed by atoms with Crippen LogP contribution >= 0.6 is 22.7 Å². The van der Waals surface area contributed by atoms with Gasteiger partial charge in [-0.2, -0.15) is 0 Å². The van der Waals surface area contributed by atoms with E-state index < -0.39 is 15.9 Å². The van der Waals surface area contributed by atoms with E-state index in [0.29, 0.717) is 10.8 Å². The molecule has 0 atom stereocenters. The number of sulfonamides is 1. The van der Waals surface area contributed by atoms with Crippen LogP contribution in [0.25, 0.3) is 20.8 Å². The number of amides is 1. The molecule has 8 nitrogen and oxygen atoms in total. The molecule has 0 saturated heterocycles. The van der Waals surface area contributed by atoms with Crippen LogP contribution in [-0.2, 0) is 29.5 Å². The Morgan fingerprint density at radius 1 is 0.913 bits per heavy atom. The summed E-state index contributed by atoms with van der Waals surface area (Å²) in [6.07, 6.45) is 0.831. The Morgan fingerprint density at radius 2 is 1.65 bits per heavy atom. The number of methoxy groups -OCH3 is 1. The molecule has 0 fully saturated rings. The Balaban J connectivity index is 1.21. The molecule has 0 radical (unpaired) electrons. The van der Waals surface area contributed by atoms with Crippen molar-refractivity contribution in [3.05, 3.63) is 125 Å². The molecule has 6 aromatic rings. The van der Waals surface area contributed by atoms with Crippen molar-refractivity contribution in [2.45, 2.75) is 24.4 Å². The molecule has 2 aromatic heterocycles. The van der Waals surface area contributed by atoms with Crippen LogP contribution in [0.1, 0.15) is 26.4 Å². The summed E-state index contributed by atoms with van der Waals surface area (Å²) in [7, 11) is -2.45. The highest BCUT2D eigenvalue weighted by Crippen LogP contribution is 2.46. The lowest BCUT2D eigenvalue weighted by Crippen LogP contribution is -2.29. The third-order valence-electron chi connectivity index (χ3n) is 7.91. The van der Waals surface area contributed by atoms with Crippen LogP contribution in [0, 0.1) is 0 Å². The summed E-state index contributed by atoms with van der Waals surface area (Å²) in [6.45, 7) is 2.50. The fourth-order valence-corrected chi connectivity index (χ4v) is 9.10. The van der Waals surface area contributed by atoms with Crippen molar-refractivity contribution >= 4 is 59.5 Å². The Bertz CT molecular complexity index is 2110. The van der Waals surface area contributed by atoms with Crippen LogP contribution in [0.15, 0.2) is 108 Å². The number of hydrogen-bond donors (Lipinski definition) is 2. The number of carbonyl (C=O) groups is 1. The monoisotopic (exact) mass is 666 g/mol. The van der Waals surface area contributed by atoms with Gasteiger partial charge in [-0.25, -0.2) is 13.4 Å². The van der Waals surface area contributed by atoms with Crippen molar-refractivity contribution in [3.8, 4) is 16.3 Å². The van der Waals surface area contributed by atoms with Crippen molar-refractivity contribution in [2.24, 2.45) is 0 Å². The van der Waals surface area contributed by atoms with Crippen LogP contribution in [0.3, 0.4) is 0 Å². The van der Waals surface area contributed by atoms with E-state index in [0.717, 1.165) is 46.8 Å². The molecule has 3 heterocycles. The first-order valence-electron chi connectivity index (χ1n) is 14.7. The second kappa shape index (κ2) is 12.7. The maximum atomic E-state index is 13.9. The molecule has 0 unspecified atom stereocenters. The van der Waals surface area contributed by atoms with E-state index in [1.54, 1.807) is 59.1 Å². The number of ether oxygens (including phenoxy) is 1. The van der Waals surface area contributed by atoms with E-state index in [-0.39, 0.29) is 16.1 Å². The molecule has 4 aromatic carbocycles. The van der Waals surface area contributed by atoms with Gasteiger partial charge in [0.25, 0.3) is 15.9 Å². The molecule has 46 heavy (non-hydrogen) atoms. The standard InChI is InChI=1S/C35H30N4O4S3/c1-43-24-15-17-25(18-16-24)46(41,42)38-28-12-6-5-11-26(28)33(40)37-35-32(34-36-29-13-7-8-14-30(29)44-34)27-19-20-39(22-31(27)45-35)21-23-9-3-2-4-10-23/h2-18,38H,19-22H2,1H3,(H,37,40). The number of para-hydroxylation sites is 2. The van der Waals surface area contributed by atoms with Crippen LogP contribution in [0.2, 0.25) is 0 Å². The van der Waals surface area contributed by atoms with Gasteiger partial charge < -0.3 is 10.1 Å². The van der Waals surface area contributed by atoms with Crippen LogP contribution in [0.5, 0.6) is 5.75 Å². The minimum atomic E-state index is -3.96. The Morgan fingerprint density at radius 3 is 2.43 bits per heavy atom. The maximum Gasteiger partial charge on any atom is 0.261 e. The van der Waals surface area contributed by atoms with Gasteiger partial charge in [0.15, 0.2) is 0 Å². The van der Waals surface area contributed by atoms with E-state index in [2.05, 4.69) is 45.3 Å². The summed E-state index contributed by atoms with van der Waals surface area (Å²) in [5.74, 6) is 0.139. The number of thiophene rings is 1. The number of benzene rings is 4. The molecular formula is C35H30N4O4S3. The number of aromatic nitrogens is 1. The average molecular weight is 667 g/mol. The summed E-state index contributed by atoms with van der Waals surface area (Å²) in [4.78, 5) is 22.6. The van der Waals surface area contributed by atoms with Gasteiger partial charge in [-0.15, -0.1) is 22.7 Å². The van der Waals surface area contributed by atoms with Crippen molar-refractivity contribution in [2.75, 3.05) is 23.7 Å². The van der Waals surface area contributed by atoms with Gasteiger partial charge >= 0.3 is 0 Å². The molecule has 7 rings (SSSR count). The van der Waals surface area contributed by atoms with Crippen molar-refractivity contribution in [3.63, 3.8) is 0 Å². The number of nitrogens with zero attached hydrogens (tertiary/aromatic N) is 2. The van der Waals surface area contributed by atoms with Gasteiger partial charge in [-0.3, -0.25) is 14.4 Å². The molecule has 1 amide bonds. The Labute approximate surface area is 275 Å². The second-order valence-electron chi connectivity index (χ2n) is 10.9. The first-order valence-corrected chi connectivity index (χ1v) is 17.8. The highest BCUT2D eigenvalue weighted by atomic mass is 32.2. The molecule has 0 aliphatic carbocycles.